The van der Waals surface area contributed by atoms with Crippen molar-refractivity contribution in [2.24, 2.45) is 0 Å². The first-order valence-corrected chi connectivity index (χ1v) is 7.03. The molecule has 0 fully saturated rings. The second-order valence-electron chi connectivity index (χ2n) is 5.35. The van der Waals surface area contributed by atoms with Crippen LogP contribution in [0.25, 0.3) is 0 Å². The van der Waals surface area contributed by atoms with Crippen LogP contribution < -0.4 is 5.32 Å². The highest BCUT2D eigenvalue weighted by Crippen LogP contribution is 2.21. The molecule has 0 aliphatic carbocycles. The summed E-state index contributed by atoms with van der Waals surface area (Å²) >= 11 is 0. The van der Waals surface area contributed by atoms with Gasteiger partial charge in [0.25, 0.3) is 0 Å². The molecule has 0 saturated carbocycles. The average Bonchev–Trinajstić information content (AvgIpc) is 2.49. The molecular weight excluding hydrogens is 246 g/mol. The summed E-state index contributed by atoms with van der Waals surface area (Å²) in [7, 11) is 4.21. The first kappa shape index (κ1) is 14.7. The number of benzene rings is 1. The van der Waals surface area contributed by atoms with E-state index in [2.05, 4.69) is 78.7 Å². The lowest BCUT2D eigenvalue weighted by Crippen LogP contribution is -2.37. The van der Waals surface area contributed by atoms with Crippen molar-refractivity contribution in [1.82, 2.24) is 15.2 Å². The lowest BCUT2D eigenvalue weighted by atomic mass is 9.99. The Morgan fingerprint density at radius 2 is 1.60 bits per heavy atom. The highest BCUT2D eigenvalue weighted by atomic mass is 15.1. The summed E-state index contributed by atoms with van der Waals surface area (Å²) in [5, 5.41) is 3.66. The van der Waals surface area contributed by atoms with Crippen LogP contribution in [0.2, 0.25) is 0 Å². The molecule has 0 radical (unpaired) electrons. The third-order valence-corrected chi connectivity index (χ3v) is 3.67. The van der Waals surface area contributed by atoms with Crippen LogP contribution in [0.1, 0.15) is 24.1 Å². The van der Waals surface area contributed by atoms with Gasteiger partial charge in [0, 0.05) is 25.0 Å². The maximum Gasteiger partial charge on any atom is 0.0578 e. The highest BCUT2D eigenvalue weighted by Gasteiger charge is 2.15. The average molecular weight is 269 g/mol. The Morgan fingerprint density at radius 1 is 1.00 bits per heavy atom. The van der Waals surface area contributed by atoms with Crippen LogP contribution >= 0.6 is 0 Å². The van der Waals surface area contributed by atoms with E-state index in [1.165, 1.54) is 11.1 Å². The van der Waals surface area contributed by atoms with E-state index < -0.39 is 0 Å². The monoisotopic (exact) mass is 269 g/mol. The Labute approximate surface area is 121 Å². The zero-order valence-corrected chi connectivity index (χ0v) is 12.5. The van der Waals surface area contributed by atoms with E-state index in [1.54, 1.807) is 0 Å². The van der Waals surface area contributed by atoms with Crippen LogP contribution in [0.5, 0.6) is 0 Å². The molecule has 0 aliphatic heterocycles. The Morgan fingerprint density at radius 3 is 2.20 bits per heavy atom. The molecule has 0 saturated heterocycles. The van der Waals surface area contributed by atoms with E-state index >= 15 is 0 Å². The summed E-state index contributed by atoms with van der Waals surface area (Å²) < 4.78 is 0. The number of nitrogens with zero attached hydrogens (tertiary/aromatic N) is 2. The third kappa shape index (κ3) is 3.89. The van der Waals surface area contributed by atoms with E-state index in [0.29, 0.717) is 6.04 Å². The van der Waals surface area contributed by atoms with Gasteiger partial charge in [0.1, 0.15) is 0 Å². The molecule has 0 amide bonds. The quantitative estimate of drug-likeness (QED) is 0.874. The standard InChI is InChI=1S/C17H23N3/c1-14(20(2)3)13-19-17(15-7-5-4-6-8-15)16-9-11-18-12-10-16/h4-12,14,17,19H,13H2,1-3H3. The van der Waals surface area contributed by atoms with E-state index in [-0.39, 0.29) is 6.04 Å². The molecule has 0 bridgehead atoms. The van der Waals surface area contributed by atoms with Crippen LogP contribution in [0.15, 0.2) is 54.9 Å². The molecular formula is C17H23N3. The molecule has 20 heavy (non-hydrogen) atoms. The number of rotatable bonds is 6. The van der Waals surface area contributed by atoms with E-state index in [4.69, 9.17) is 0 Å². The number of pyridine rings is 1. The van der Waals surface area contributed by atoms with Gasteiger partial charge in [-0.3, -0.25) is 4.98 Å². The van der Waals surface area contributed by atoms with Crippen molar-refractivity contribution >= 4 is 0 Å². The van der Waals surface area contributed by atoms with Gasteiger partial charge in [-0.2, -0.15) is 0 Å². The Balaban J connectivity index is 2.17. The van der Waals surface area contributed by atoms with Crippen LogP contribution in [0.4, 0.5) is 0 Å². The summed E-state index contributed by atoms with van der Waals surface area (Å²) in [5.74, 6) is 0. The number of hydrogen-bond acceptors (Lipinski definition) is 3. The van der Waals surface area contributed by atoms with Crippen molar-refractivity contribution < 1.29 is 0 Å². The van der Waals surface area contributed by atoms with Gasteiger partial charge in [-0.15, -0.1) is 0 Å². The van der Waals surface area contributed by atoms with Crippen LogP contribution in [0.3, 0.4) is 0 Å². The molecule has 0 spiro atoms. The summed E-state index contributed by atoms with van der Waals surface area (Å²) in [4.78, 5) is 6.33. The summed E-state index contributed by atoms with van der Waals surface area (Å²) in [6.45, 7) is 3.16. The lowest BCUT2D eigenvalue weighted by Gasteiger charge is -2.25. The first-order valence-electron chi connectivity index (χ1n) is 7.03. The largest absolute Gasteiger partial charge is 0.305 e. The Kier molecular flexibility index (Phi) is 5.27. The minimum Gasteiger partial charge on any atom is -0.305 e. The highest BCUT2D eigenvalue weighted by molar-refractivity contribution is 5.30. The maximum absolute atomic E-state index is 4.11. The molecule has 3 heteroatoms. The van der Waals surface area contributed by atoms with Crippen molar-refractivity contribution in [2.45, 2.75) is 19.0 Å². The van der Waals surface area contributed by atoms with Gasteiger partial charge in [-0.05, 0) is 44.3 Å². The van der Waals surface area contributed by atoms with E-state index in [0.717, 1.165) is 6.54 Å². The smallest absolute Gasteiger partial charge is 0.0578 e. The predicted octanol–water partition coefficient (Wildman–Crippen LogP) is 2.71. The lowest BCUT2D eigenvalue weighted by molar-refractivity contribution is 0.298. The molecule has 1 aromatic carbocycles. The molecule has 1 heterocycles. The molecule has 0 aliphatic rings. The second-order valence-corrected chi connectivity index (χ2v) is 5.35. The Bertz CT molecular complexity index is 457. The fourth-order valence-corrected chi connectivity index (χ4v) is 2.10. The van der Waals surface area contributed by atoms with Gasteiger partial charge in [0.05, 0.1) is 6.04 Å². The van der Waals surface area contributed by atoms with E-state index in [9.17, 15) is 0 Å². The van der Waals surface area contributed by atoms with Gasteiger partial charge < -0.3 is 10.2 Å². The van der Waals surface area contributed by atoms with Crippen molar-refractivity contribution in [1.29, 1.82) is 0 Å². The van der Waals surface area contributed by atoms with E-state index in [1.807, 2.05) is 12.4 Å². The number of likely N-dealkylation sites (N-methyl/N-ethyl adjacent to an activating group) is 1. The molecule has 2 aromatic rings. The SMILES string of the molecule is CC(CNC(c1ccccc1)c1ccncc1)N(C)C. The summed E-state index contributed by atoms with van der Waals surface area (Å²) in [5.41, 5.74) is 2.53. The zero-order chi connectivity index (χ0) is 14.4. The molecule has 2 atom stereocenters. The zero-order valence-electron chi connectivity index (χ0n) is 12.5. The van der Waals surface area contributed by atoms with Crippen molar-refractivity contribution in [3.8, 4) is 0 Å². The summed E-state index contributed by atoms with van der Waals surface area (Å²) in [6, 6.07) is 15.4. The minimum atomic E-state index is 0.210. The fraction of sp³-hybridized carbons (Fsp3) is 0.353. The van der Waals surface area contributed by atoms with Gasteiger partial charge >= 0.3 is 0 Å². The van der Waals surface area contributed by atoms with Gasteiger partial charge in [0.15, 0.2) is 0 Å². The summed E-state index contributed by atoms with van der Waals surface area (Å²) in [6.07, 6.45) is 3.70. The second kappa shape index (κ2) is 7.17. The normalized spacial score (nSPS) is 14.2. The number of aromatic nitrogens is 1. The predicted molar refractivity (Wildman–Crippen MR) is 83.7 cm³/mol. The number of hydrogen-bond donors (Lipinski definition) is 1. The van der Waals surface area contributed by atoms with Gasteiger partial charge in [-0.1, -0.05) is 30.3 Å². The molecule has 106 valence electrons. The molecule has 1 N–H and O–H groups in total. The fourth-order valence-electron chi connectivity index (χ4n) is 2.10. The molecule has 3 nitrogen and oxygen atoms in total. The Hall–Kier alpha value is -1.71. The molecule has 1 aromatic heterocycles. The van der Waals surface area contributed by atoms with Crippen molar-refractivity contribution in [3.05, 3.63) is 66.0 Å². The first-order chi connectivity index (χ1) is 9.68. The minimum absolute atomic E-state index is 0.210. The van der Waals surface area contributed by atoms with Crippen molar-refractivity contribution in [3.63, 3.8) is 0 Å². The van der Waals surface area contributed by atoms with Crippen LogP contribution in [0, 0.1) is 0 Å². The molecule has 2 unspecified atom stereocenters. The topological polar surface area (TPSA) is 28.2 Å². The van der Waals surface area contributed by atoms with Gasteiger partial charge in [-0.25, -0.2) is 0 Å². The van der Waals surface area contributed by atoms with Crippen molar-refractivity contribution in [2.75, 3.05) is 20.6 Å². The van der Waals surface area contributed by atoms with Gasteiger partial charge in [0.2, 0.25) is 0 Å². The maximum atomic E-state index is 4.11. The molecule has 2 rings (SSSR count). The van der Waals surface area contributed by atoms with Crippen LogP contribution in [-0.4, -0.2) is 36.6 Å². The third-order valence-electron chi connectivity index (χ3n) is 3.67. The number of nitrogens with one attached hydrogen (secondary N) is 1. The van der Waals surface area contributed by atoms with Crippen LogP contribution in [-0.2, 0) is 0 Å².